The maximum atomic E-state index is 12.9. The lowest BCUT2D eigenvalue weighted by atomic mass is 9.97. The van der Waals surface area contributed by atoms with Crippen LogP contribution in [0.25, 0.3) is 0 Å². The Labute approximate surface area is 178 Å². The first kappa shape index (κ1) is 21.8. The van der Waals surface area contributed by atoms with Gasteiger partial charge in [0.05, 0.1) is 11.7 Å². The zero-order valence-corrected chi connectivity index (χ0v) is 18.3. The molecule has 0 saturated carbocycles. The second-order valence-corrected chi connectivity index (χ2v) is 10.2. The Bertz CT molecular complexity index is 958. The number of piperidine rings is 1. The third-order valence-corrected chi connectivity index (χ3v) is 7.32. The van der Waals surface area contributed by atoms with Gasteiger partial charge in [0, 0.05) is 23.8 Å². The molecule has 1 unspecified atom stereocenters. The lowest BCUT2D eigenvalue weighted by molar-refractivity contribution is -0.120. The molecule has 1 heterocycles. The summed E-state index contributed by atoms with van der Waals surface area (Å²) in [7, 11) is -3.50. The van der Waals surface area contributed by atoms with Crippen LogP contribution in [0, 0.1) is 5.92 Å². The van der Waals surface area contributed by atoms with Crippen LogP contribution in [0.5, 0.6) is 0 Å². The van der Waals surface area contributed by atoms with Crippen LogP contribution in [0.15, 0.2) is 48.5 Å². The molecule has 0 bridgehead atoms. The van der Waals surface area contributed by atoms with Gasteiger partial charge in [-0.3, -0.25) is 4.79 Å². The highest BCUT2D eigenvalue weighted by molar-refractivity contribution is 7.88. The molecule has 156 valence electrons. The fourth-order valence-electron chi connectivity index (χ4n) is 3.64. The van der Waals surface area contributed by atoms with Gasteiger partial charge in [0.15, 0.2) is 0 Å². The average Bonchev–Trinajstić information content (AvgIpc) is 2.70. The minimum absolute atomic E-state index is 0.0886. The first-order valence-corrected chi connectivity index (χ1v) is 11.9. The number of carbonyl (C=O) groups is 1. The Hall–Kier alpha value is -1.89. The van der Waals surface area contributed by atoms with Gasteiger partial charge < -0.3 is 5.32 Å². The third-order valence-electron chi connectivity index (χ3n) is 5.25. The van der Waals surface area contributed by atoms with E-state index in [0.717, 1.165) is 11.3 Å². The fraction of sp³-hybridized carbons (Fsp3) is 0.409. The van der Waals surface area contributed by atoms with E-state index in [9.17, 15) is 13.2 Å². The van der Waals surface area contributed by atoms with Crippen LogP contribution >= 0.6 is 11.6 Å². The lowest BCUT2D eigenvalue weighted by Gasteiger charge is -2.31. The van der Waals surface area contributed by atoms with Gasteiger partial charge in [-0.2, -0.15) is 0 Å². The van der Waals surface area contributed by atoms with Crippen LogP contribution in [0.4, 0.5) is 5.69 Å². The summed E-state index contributed by atoms with van der Waals surface area (Å²) < 4.78 is 27.2. The van der Waals surface area contributed by atoms with Crippen LogP contribution in [0.3, 0.4) is 0 Å². The first-order chi connectivity index (χ1) is 13.8. The second kappa shape index (κ2) is 9.28. The molecule has 0 radical (unpaired) electrons. The Morgan fingerprint density at radius 2 is 1.86 bits per heavy atom. The maximum absolute atomic E-state index is 12.9. The largest absolute Gasteiger partial charge is 0.326 e. The Morgan fingerprint density at radius 3 is 2.55 bits per heavy atom. The van der Waals surface area contributed by atoms with E-state index in [1.165, 1.54) is 4.31 Å². The fourth-order valence-corrected chi connectivity index (χ4v) is 5.38. The SMILES string of the molecule is CC(C)c1ccccc1NC(=O)C1CCCN(S(=O)(=O)Cc2ccc(Cl)cc2)C1. The van der Waals surface area contributed by atoms with Crippen molar-refractivity contribution in [3.63, 3.8) is 0 Å². The summed E-state index contributed by atoms with van der Waals surface area (Å²) in [5.41, 5.74) is 2.56. The molecule has 0 aliphatic carbocycles. The van der Waals surface area contributed by atoms with E-state index < -0.39 is 10.0 Å². The van der Waals surface area contributed by atoms with E-state index in [-0.39, 0.29) is 30.0 Å². The van der Waals surface area contributed by atoms with E-state index in [4.69, 9.17) is 11.6 Å². The van der Waals surface area contributed by atoms with Gasteiger partial charge in [-0.15, -0.1) is 0 Å². The summed E-state index contributed by atoms with van der Waals surface area (Å²) in [6, 6.07) is 14.6. The molecular formula is C22H27ClN2O3S. The number of sulfonamides is 1. The van der Waals surface area contributed by atoms with Crippen molar-refractivity contribution in [3.8, 4) is 0 Å². The molecule has 0 aromatic heterocycles. The van der Waals surface area contributed by atoms with Crippen molar-refractivity contribution in [2.45, 2.75) is 38.4 Å². The molecule has 5 nitrogen and oxygen atoms in total. The van der Waals surface area contributed by atoms with Crippen molar-refractivity contribution in [3.05, 3.63) is 64.7 Å². The highest BCUT2D eigenvalue weighted by Crippen LogP contribution is 2.27. The van der Waals surface area contributed by atoms with Gasteiger partial charge in [0.25, 0.3) is 0 Å². The highest BCUT2D eigenvalue weighted by atomic mass is 35.5. The number of benzene rings is 2. The topological polar surface area (TPSA) is 66.5 Å². The molecule has 1 atom stereocenters. The van der Waals surface area contributed by atoms with Crippen molar-refractivity contribution in [1.29, 1.82) is 0 Å². The zero-order valence-electron chi connectivity index (χ0n) is 16.8. The van der Waals surface area contributed by atoms with Crippen LogP contribution in [0.2, 0.25) is 5.02 Å². The van der Waals surface area contributed by atoms with Crippen LogP contribution in [-0.2, 0) is 20.6 Å². The van der Waals surface area contributed by atoms with E-state index >= 15 is 0 Å². The molecule has 1 saturated heterocycles. The smallest absolute Gasteiger partial charge is 0.228 e. The Balaban J connectivity index is 1.68. The van der Waals surface area contributed by atoms with Gasteiger partial charge in [-0.1, -0.05) is 55.8 Å². The van der Waals surface area contributed by atoms with E-state index in [2.05, 4.69) is 19.2 Å². The van der Waals surface area contributed by atoms with Crippen LogP contribution in [-0.4, -0.2) is 31.7 Å². The van der Waals surface area contributed by atoms with Gasteiger partial charge in [-0.05, 0) is 48.1 Å². The number of amides is 1. The molecule has 2 aromatic carbocycles. The maximum Gasteiger partial charge on any atom is 0.228 e. The number of nitrogens with one attached hydrogen (secondary N) is 1. The van der Waals surface area contributed by atoms with Crippen LogP contribution < -0.4 is 5.32 Å². The van der Waals surface area contributed by atoms with Crippen LogP contribution in [0.1, 0.15) is 43.7 Å². The van der Waals surface area contributed by atoms with Crippen molar-refractivity contribution < 1.29 is 13.2 Å². The van der Waals surface area contributed by atoms with Crippen molar-refractivity contribution in [2.75, 3.05) is 18.4 Å². The van der Waals surface area contributed by atoms with E-state index in [1.807, 2.05) is 24.3 Å². The predicted octanol–water partition coefficient (Wildman–Crippen LogP) is 4.64. The number of anilines is 1. The number of nitrogens with zero attached hydrogens (tertiary/aromatic N) is 1. The van der Waals surface area contributed by atoms with Gasteiger partial charge in [0.2, 0.25) is 15.9 Å². The summed E-state index contributed by atoms with van der Waals surface area (Å²) in [4.78, 5) is 12.9. The normalized spacial score (nSPS) is 18.0. The molecular weight excluding hydrogens is 408 g/mol. The van der Waals surface area contributed by atoms with Gasteiger partial charge >= 0.3 is 0 Å². The number of para-hydroxylation sites is 1. The van der Waals surface area contributed by atoms with E-state index in [0.29, 0.717) is 30.0 Å². The van der Waals surface area contributed by atoms with Crippen molar-refractivity contribution in [2.24, 2.45) is 5.92 Å². The first-order valence-electron chi connectivity index (χ1n) is 9.88. The Kier molecular flexibility index (Phi) is 6.98. The zero-order chi connectivity index (χ0) is 21.0. The number of hydrogen-bond donors (Lipinski definition) is 1. The predicted molar refractivity (Wildman–Crippen MR) is 118 cm³/mol. The standard InChI is InChI=1S/C22H27ClN2O3S/c1-16(2)20-7-3-4-8-21(20)24-22(26)18-6-5-13-25(14-18)29(27,28)15-17-9-11-19(23)12-10-17/h3-4,7-12,16,18H,5-6,13-15H2,1-2H3,(H,24,26). The summed E-state index contributed by atoms with van der Waals surface area (Å²) in [5.74, 6) is -0.281. The summed E-state index contributed by atoms with van der Waals surface area (Å²) in [5, 5.41) is 3.59. The molecule has 1 amide bonds. The molecule has 1 aliphatic rings. The molecule has 29 heavy (non-hydrogen) atoms. The summed E-state index contributed by atoms with van der Waals surface area (Å²) in [6.07, 6.45) is 1.35. The highest BCUT2D eigenvalue weighted by Gasteiger charge is 2.32. The van der Waals surface area contributed by atoms with Crippen molar-refractivity contribution >= 4 is 33.2 Å². The molecule has 3 rings (SSSR count). The Morgan fingerprint density at radius 1 is 1.17 bits per heavy atom. The molecule has 0 spiro atoms. The molecule has 2 aromatic rings. The van der Waals surface area contributed by atoms with Gasteiger partial charge in [0.1, 0.15) is 0 Å². The van der Waals surface area contributed by atoms with Crippen molar-refractivity contribution in [1.82, 2.24) is 4.31 Å². The molecule has 7 heteroatoms. The number of carbonyl (C=O) groups excluding carboxylic acids is 1. The number of hydrogen-bond acceptors (Lipinski definition) is 3. The lowest BCUT2D eigenvalue weighted by Crippen LogP contribution is -2.44. The second-order valence-electron chi connectivity index (χ2n) is 7.81. The average molecular weight is 435 g/mol. The number of rotatable bonds is 6. The minimum Gasteiger partial charge on any atom is -0.326 e. The molecule has 1 aliphatic heterocycles. The third kappa shape index (κ3) is 5.59. The summed E-state index contributed by atoms with van der Waals surface area (Å²) in [6.45, 7) is 4.82. The monoisotopic (exact) mass is 434 g/mol. The van der Waals surface area contributed by atoms with E-state index in [1.54, 1.807) is 24.3 Å². The molecule has 1 fully saturated rings. The quantitative estimate of drug-likeness (QED) is 0.719. The number of halogens is 1. The molecule has 1 N–H and O–H groups in total. The van der Waals surface area contributed by atoms with Gasteiger partial charge in [-0.25, -0.2) is 12.7 Å². The minimum atomic E-state index is -3.50. The summed E-state index contributed by atoms with van der Waals surface area (Å²) >= 11 is 5.88.